The second kappa shape index (κ2) is 11.8. The van der Waals surface area contributed by atoms with Gasteiger partial charge in [0.1, 0.15) is 4.88 Å². The standard InChI is InChI=1S/C29H31ClN2O2S2/c30-27-24-8-4-5-9-25(24)36-28(27)29(34)32-17-12-23(13-18-32)22-10-15-31(16-11-22)26(33)20-35-19-14-21-6-2-1-3-7-21/h1-9,14,19,22-23H,10-13,15-18,20H2/b19-14+. The summed E-state index contributed by atoms with van der Waals surface area (Å²) in [5.41, 5.74) is 1.15. The van der Waals surface area contributed by atoms with Crippen molar-refractivity contribution in [2.75, 3.05) is 31.9 Å². The fraction of sp³-hybridized carbons (Fsp3) is 0.379. The molecule has 0 N–H and O–H groups in total. The van der Waals surface area contributed by atoms with Gasteiger partial charge < -0.3 is 9.80 Å². The van der Waals surface area contributed by atoms with E-state index in [0.717, 1.165) is 67.5 Å². The number of carbonyl (C=O) groups is 2. The van der Waals surface area contributed by atoms with Gasteiger partial charge in [0.2, 0.25) is 5.91 Å². The molecule has 0 spiro atoms. The summed E-state index contributed by atoms with van der Waals surface area (Å²) >= 11 is 9.62. The Kier molecular flexibility index (Phi) is 8.35. The number of thiophene rings is 1. The summed E-state index contributed by atoms with van der Waals surface area (Å²) in [6.07, 6.45) is 6.25. The van der Waals surface area contributed by atoms with Crippen LogP contribution in [0.3, 0.4) is 0 Å². The number of benzene rings is 2. The molecule has 0 saturated carbocycles. The first-order valence-electron chi connectivity index (χ1n) is 12.7. The van der Waals surface area contributed by atoms with Crippen molar-refractivity contribution < 1.29 is 9.59 Å². The van der Waals surface area contributed by atoms with Crippen LogP contribution in [0.15, 0.2) is 60.0 Å². The number of hydrogen-bond acceptors (Lipinski definition) is 4. The topological polar surface area (TPSA) is 40.6 Å². The summed E-state index contributed by atoms with van der Waals surface area (Å²) < 4.78 is 1.06. The number of hydrogen-bond donors (Lipinski definition) is 0. The molecule has 2 saturated heterocycles. The molecule has 2 aromatic carbocycles. The van der Waals surface area contributed by atoms with E-state index in [2.05, 4.69) is 18.2 Å². The number of likely N-dealkylation sites (tertiary alicyclic amines) is 2. The molecule has 2 aliphatic heterocycles. The van der Waals surface area contributed by atoms with E-state index < -0.39 is 0 Å². The van der Waals surface area contributed by atoms with Crippen LogP contribution in [0, 0.1) is 11.8 Å². The van der Waals surface area contributed by atoms with Crippen molar-refractivity contribution in [1.82, 2.24) is 9.80 Å². The second-order valence-electron chi connectivity index (χ2n) is 9.61. The van der Waals surface area contributed by atoms with Gasteiger partial charge in [0.15, 0.2) is 0 Å². The number of rotatable bonds is 6. The van der Waals surface area contributed by atoms with Crippen LogP contribution in [0.2, 0.25) is 5.02 Å². The molecule has 2 fully saturated rings. The van der Waals surface area contributed by atoms with Crippen molar-refractivity contribution in [2.24, 2.45) is 11.8 Å². The van der Waals surface area contributed by atoms with Gasteiger partial charge in [-0.25, -0.2) is 0 Å². The number of halogens is 1. The number of nitrogens with zero attached hydrogens (tertiary/aromatic N) is 2. The minimum Gasteiger partial charge on any atom is -0.342 e. The Bertz CT molecular complexity index is 1230. The number of amides is 2. The lowest BCUT2D eigenvalue weighted by Crippen LogP contribution is -2.44. The van der Waals surface area contributed by atoms with E-state index in [1.165, 1.54) is 11.3 Å². The third-order valence-electron chi connectivity index (χ3n) is 7.48. The van der Waals surface area contributed by atoms with Crippen molar-refractivity contribution in [2.45, 2.75) is 25.7 Å². The molecule has 188 valence electrons. The van der Waals surface area contributed by atoms with E-state index in [1.807, 2.05) is 57.7 Å². The molecule has 5 rings (SSSR count). The molecule has 2 amide bonds. The lowest BCUT2D eigenvalue weighted by Gasteiger charge is -2.40. The smallest absolute Gasteiger partial charge is 0.265 e. The average molecular weight is 539 g/mol. The molecule has 0 bridgehead atoms. The van der Waals surface area contributed by atoms with Gasteiger partial charge in [0.25, 0.3) is 5.91 Å². The lowest BCUT2D eigenvalue weighted by atomic mass is 9.79. The monoisotopic (exact) mass is 538 g/mol. The van der Waals surface area contributed by atoms with Crippen LogP contribution in [0.4, 0.5) is 0 Å². The Hall–Kier alpha value is -2.28. The summed E-state index contributed by atoms with van der Waals surface area (Å²) in [6, 6.07) is 18.1. The number of thioether (sulfide) groups is 1. The van der Waals surface area contributed by atoms with Gasteiger partial charge in [-0.1, -0.05) is 60.1 Å². The number of piperidine rings is 2. The first-order valence-corrected chi connectivity index (χ1v) is 14.9. The molecule has 3 heterocycles. The zero-order chi connectivity index (χ0) is 24.9. The third-order valence-corrected chi connectivity index (χ3v) is 9.88. The Labute approximate surface area is 226 Å². The maximum absolute atomic E-state index is 13.2. The van der Waals surface area contributed by atoms with E-state index in [1.54, 1.807) is 11.8 Å². The normalized spacial score (nSPS) is 17.8. The van der Waals surface area contributed by atoms with Gasteiger partial charge in [-0.15, -0.1) is 23.1 Å². The highest BCUT2D eigenvalue weighted by atomic mass is 35.5. The van der Waals surface area contributed by atoms with E-state index in [4.69, 9.17) is 11.6 Å². The van der Waals surface area contributed by atoms with Crippen LogP contribution in [0.25, 0.3) is 16.2 Å². The molecule has 0 aliphatic carbocycles. The molecule has 1 aromatic heterocycles. The average Bonchev–Trinajstić information content (AvgIpc) is 3.28. The van der Waals surface area contributed by atoms with Crippen molar-refractivity contribution in [3.8, 4) is 0 Å². The van der Waals surface area contributed by atoms with Crippen LogP contribution in [0.1, 0.15) is 40.9 Å². The van der Waals surface area contributed by atoms with Crippen LogP contribution in [-0.4, -0.2) is 53.5 Å². The highest BCUT2D eigenvalue weighted by molar-refractivity contribution is 8.02. The minimum absolute atomic E-state index is 0.0684. The van der Waals surface area contributed by atoms with Crippen molar-refractivity contribution in [3.05, 3.63) is 75.5 Å². The van der Waals surface area contributed by atoms with E-state index in [0.29, 0.717) is 27.5 Å². The van der Waals surface area contributed by atoms with E-state index in [-0.39, 0.29) is 11.8 Å². The molecular formula is C29H31ClN2O2S2. The summed E-state index contributed by atoms with van der Waals surface area (Å²) in [5.74, 6) is 2.07. The predicted molar refractivity (Wildman–Crippen MR) is 153 cm³/mol. The van der Waals surface area contributed by atoms with Crippen LogP contribution in [0.5, 0.6) is 0 Å². The molecule has 0 radical (unpaired) electrons. The predicted octanol–water partition coefficient (Wildman–Crippen LogP) is 7.05. The SMILES string of the molecule is O=C(CS/C=C/c1ccccc1)N1CCC(C2CCN(C(=O)c3sc4ccccc4c3Cl)CC2)CC1. The van der Waals surface area contributed by atoms with Crippen LogP contribution in [-0.2, 0) is 4.79 Å². The summed E-state index contributed by atoms with van der Waals surface area (Å²) in [7, 11) is 0. The lowest BCUT2D eigenvalue weighted by molar-refractivity contribution is -0.130. The number of carbonyl (C=O) groups excluding carboxylic acids is 2. The first kappa shape index (κ1) is 25.4. The maximum atomic E-state index is 13.2. The summed E-state index contributed by atoms with van der Waals surface area (Å²) in [5, 5.41) is 3.57. The maximum Gasteiger partial charge on any atom is 0.265 e. The molecular weight excluding hydrogens is 508 g/mol. The van der Waals surface area contributed by atoms with Gasteiger partial charge in [-0.3, -0.25) is 9.59 Å². The summed E-state index contributed by atoms with van der Waals surface area (Å²) in [6.45, 7) is 3.28. The van der Waals surface area contributed by atoms with Gasteiger partial charge in [0.05, 0.1) is 10.8 Å². The van der Waals surface area contributed by atoms with Gasteiger partial charge in [0, 0.05) is 36.3 Å². The van der Waals surface area contributed by atoms with E-state index in [9.17, 15) is 9.59 Å². The molecule has 3 aromatic rings. The molecule has 36 heavy (non-hydrogen) atoms. The van der Waals surface area contributed by atoms with Gasteiger partial charge >= 0.3 is 0 Å². The molecule has 7 heteroatoms. The molecule has 0 atom stereocenters. The summed E-state index contributed by atoms with van der Waals surface area (Å²) in [4.78, 5) is 30.5. The highest BCUT2D eigenvalue weighted by Crippen LogP contribution is 2.38. The van der Waals surface area contributed by atoms with Crippen molar-refractivity contribution in [3.63, 3.8) is 0 Å². The highest BCUT2D eigenvalue weighted by Gasteiger charge is 2.33. The Morgan fingerprint density at radius 1 is 0.889 bits per heavy atom. The van der Waals surface area contributed by atoms with Gasteiger partial charge in [-0.05, 0) is 60.6 Å². The Morgan fingerprint density at radius 2 is 1.50 bits per heavy atom. The van der Waals surface area contributed by atoms with Crippen molar-refractivity contribution in [1.29, 1.82) is 0 Å². The Morgan fingerprint density at radius 3 is 2.17 bits per heavy atom. The van der Waals surface area contributed by atoms with Crippen LogP contribution >= 0.6 is 34.7 Å². The first-order chi connectivity index (χ1) is 17.6. The largest absolute Gasteiger partial charge is 0.342 e. The quantitative estimate of drug-likeness (QED) is 0.337. The van der Waals surface area contributed by atoms with Crippen molar-refractivity contribution >= 4 is 62.7 Å². The van der Waals surface area contributed by atoms with Crippen LogP contribution < -0.4 is 0 Å². The minimum atomic E-state index is 0.0684. The fourth-order valence-electron chi connectivity index (χ4n) is 5.39. The zero-order valence-corrected chi connectivity index (χ0v) is 22.7. The third kappa shape index (κ3) is 5.82. The number of fused-ring (bicyclic) bond motifs is 1. The van der Waals surface area contributed by atoms with Gasteiger partial charge in [-0.2, -0.15) is 0 Å². The zero-order valence-electron chi connectivity index (χ0n) is 20.3. The fourth-order valence-corrected chi connectivity index (χ4v) is 7.55. The Balaban J connectivity index is 1.06. The van der Waals surface area contributed by atoms with E-state index >= 15 is 0 Å². The molecule has 4 nitrogen and oxygen atoms in total. The second-order valence-corrected chi connectivity index (χ2v) is 11.9. The molecule has 2 aliphatic rings. The molecule has 0 unspecified atom stereocenters.